The maximum atomic E-state index is 11.0. The highest BCUT2D eigenvalue weighted by atomic mass is 32.2. The highest BCUT2D eigenvalue weighted by Gasteiger charge is 2.11. The van der Waals surface area contributed by atoms with Gasteiger partial charge in [0.15, 0.2) is 5.78 Å². The second-order valence-corrected chi connectivity index (χ2v) is 5.76. The van der Waals surface area contributed by atoms with Gasteiger partial charge in [-0.15, -0.1) is 0 Å². The lowest BCUT2D eigenvalue weighted by atomic mass is 9.97. The highest BCUT2D eigenvalue weighted by Crippen LogP contribution is 2.18. The molecule has 3 nitrogen and oxygen atoms in total. The maximum Gasteiger partial charge on any atom is 0.155 e. The molecule has 0 fully saturated rings. The van der Waals surface area contributed by atoms with Crippen LogP contribution in [0.25, 0.3) is 0 Å². The summed E-state index contributed by atoms with van der Waals surface area (Å²) in [6.45, 7) is 0. The van der Waals surface area contributed by atoms with Crippen LogP contribution in [0.15, 0.2) is 11.6 Å². The van der Waals surface area contributed by atoms with E-state index in [1.54, 1.807) is 6.08 Å². The van der Waals surface area contributed by atoms with Gasteiger partial charge in [-0.3, -0.25) is 4.79 Å². The number of carbonyl (C=O) groups excluding carboxylic acids is 1. The largest absolute Gasteiger partial charge is 0.295 e. The van der Waals surface area contributed by atoms with Crippen molar-refractivity contribution in [3.63, 3.8) is 0 Å². The first-order valence-electron chi connectivity index (χ1n) is 4.37. The van der Waals surface area contributed by atoms with E-state index >= 15 is 0 Å². The van der Waals surface area contributed by atoms with Crippen molar-refractivity contribution in [3.8, 4) is 0 Å². The van der Waals surface area contributed by atoms with Gasteiger partial charge in [0.05, 0.1) is 5.75 Å². The summed E-state index contributed by atoms with van der Waals surface area (Å²) in [6, 6.07) is 0. The van der Waals surface area contributed by atoms with Crippen LogP contribution in [0.1, 0.15) is 25.7 Å². The van der Waals surface area contributed by atoms with Crippen molar-refractivity contribution in [2.45, 2.75) is 25.7 Å². The minimum Gasteiger partial charge on any atom is -0.295 e. The highest BCUT2D eigenvalue weighted by molar-refractivity contribution is 7.90. The van der Waals surface area contributed by atoms with E-state index in [-0.39, 0.29) is 11.5 Å². The Kier molecular flexibility index (Phi) is 3.25. The normalized spacial score (nSPS) is 18.5. The van der Waals surface area contributed by atoms with Gasteiger partial charge in [0.1, 0.15) is 9.84 Å². The fraction of sp³-hybridized carbons (Fsp3) is 0.667. The van der Waals surface area contributed by atoms with Crippen LogP contribution in [0.2, 0.25) is 0 Å². The Hall–Kier alpha value is -0.640. The molecular formula is C9H14O3S. The third-order valence-corrected chi connectivity index (χ3v) is 3.03. The lowest BCUT2D eigenvalue weighted by Gasteiger charge is -2.10. The minimum absolute atomic E-state index is 0.134. The van der Waals surface area contributed by atoms with E-state index in [0.29, 0.717) is 12.8 Å². The first-order chi connectivity index (χ1) is 5.97. The molecule has 0 aromatic rings. The average molecular weight is 202 g/mol. The predicted molar refractivity (Wildman–Crippen MR) is 51.3 cm³/mol. The molecule has 13 heavy (non-hydrogen) atoms. The summed E-state index contributed by atoms with van der Waals surface area (Å²) in [6.07, 6.45) is 5.70. The van der Waals surface area contributed by atoms with Crippen molar-refractivity contribution < 1.29 is 13.2 Å². The van der Waals surface area contributed by atoms with Gasteiger partial charge in [0.2, 0.25) is 0 Å². The van der Waals surface area contributed by atoms with Crippen molar-refractivity contribution in [2.24, 2.45) is 0 Å². The Bertz CT molecular complexity index is 325. The monoisotopic (exact) mass is 202 g/mol. The van der Waals surface area contributed by atoms with Crippen LogP contribution >= 0.6 is 0 Å². The standard InChI is InChI=1S/C9H14O3S/c1-13(11,12)6-5-8-3-2-4-9(10)7-8/h7H,2-6H2,1H3. The summed E-state index contributed by atoms with van der Waals surface area (Å²) in [5, 5.41) is 0. The molecule has 0 heterocycles. The molecule has 0 aromatic heterocycles. The molecule has 0 spiro atoms. The summed E-state index contributed by atoms with van der Waals surface area (Å²) in [7, 11) is -2.89. The molecule has 0 atom stereocenters. The van der Waals surface area contributed by atoms with Crippen molar-refractivity contribution >= 4 is 15.6 Å². The zero-order valence-electron chi connectivity index (χ0n) is 7.75. The first-order valence-corrected chi connectivity index (χ1v) is 6.43. The summed E-state index contributed by atoms with van der Waals surface area (Å²) >= 11 is 0. The van der Waals surface area contributed by atoms with Crippen LogP contribution in [0.4, 0.5) is 0 Å². The molecule has 0 amide bonds. The van der Waals surface area contributed by atoms with Crippen molar-refractivity contribution in [1.29, 1.82) is 0 Å². The Morgan fingerprint density at radius 2 is 2.08 bits per heavy atom. The molecule has 1 aliphatic carbocycles. The minimum atomic E-state index is -2.89. The molecule has 0 N–H and O–H groups in total. The molecule has 0 unspecified atom stereocenters. The van der Waals surface area contributed by atoms with Crippen molar-refractivity contribution in [3.05, 3.63) is 11.6 Å². The van der Waals surface area contributed by atoms with Crippen molar-refractivity contribution in [1.82, 2.24) is 0 Å². The van der Waals surface area contributed by atoms with Gasteiger partial charge in [-0.05, 0) is 25.3 Å². The average Bonchev–Trinajstić information content (AvgIpc) is 2.00. The zero-order valence-corrected chi connectivity index (χ0v) is 8.56. The number of rotatable bonds is 3. The summed E-state index contributed by atoms with van der Waals surface area (Å²) in [5.41, 5.74) is 0.988. The second kappa shape index (κ2) is 4.05. The van der Waals surface area contributed by atoms with Gasteiger partial charge in [0.25, 0.3) is 0 Å². The van der Waals surface area contributed by atoms with Crippen LogP contribution in [0.3, 0.4) is 0 Å². The molecule has 0 aromatic carbocycles. The van der Waals surface area contributed by atoms with Gasteiger partial charge in [-0.1, -0.05) is 5.57 Å². The van der Waals surface area contributed by atoms with Crippen molar-refractivity contribution in [2.75, 3.05) is 12.0 Å². The molecule has 0 saturated heterocycles. The molecule has 0 aliphatic heterocycles. The Balaban J connectivity index is 2.50. The quantitative estimate of drug-likeness (QED) is 0.688. The van der Waals surface area contributed by atoms with E-state index in [1.807, 2.05) is 0 Å². The zero-order chi connectivity index (χ0) is 9.90. The van der Waals surface area contributed by atoms with Crippen LogP contribution in [-0.4, -0.2) is 26.2 Å². The van der Waals surface area contributed by atoms with Crippen LogP contribution in [0.5, 0.6) is 0 Å². The Labute approximate surface area is 78.8 Å². The predicted octanol–water partition coefficient (Wildman–Crippen LogP) is 1.10. The van der Waals surface area contributed by atoms with Crippen LogP contribution < -0.4 is 0 Å². The number of hydrogen-bond acceptors (Lipinski definition) is 3. The van der Waals surface area contributed by atoms with Crippen LogP contribution in [0, 0.1) is 0 Å². The fourth-order valence-corrected chi connectivity index (χ4v) is 2.01. The lowest BCUT2D eigenvalue weighted by molar-refractivity contribution is -0.115. The smallest absolute Gasteiger partial charge is 0.155 e. The number of ketones is 1. The first kappa shape index (κ1) is 10.4. The summed E-state index contributed by atoms with van der Waals surface area (Å²) < 4.78 is 21.7. The van der Waals surface area contributed by atoms with Crippen LogP contribution in [-0.2, 0) is 14.6 Å². The van der Waals surface area contributed by atoms with E-state index in [9.17, 15) is 13.2 Å². The molecule has 1 rings (SSSR count). The summed E-state index contributed by atoms with van der Waals surface area (Å²) in [5.74, 6) is 0.293. The van der Waals surface area contributed by atoms with Gasteiger partial charge in [0, 0.05) is 12.7 Å². The molecule has 0 bridgehead atoms. The third-order valence-electron chi connectivity index (χ3n) is 2.08. The van der Waals surface area contributed by atoms with E-state index in [4.69, 9.17) is 0 Å². The van der Waals surface area contributed by atoms with E-state index in [2.05, 4.69) is 0 Å². The number of allylic oxidation sites excluding steroid dienone is 2. The molecule has 4 heteroatoms. The summed E-state index contributed by atoms with van der Waals surface area (Å²) in [4.78, 5) is 11.0. The van der Waals surface area contributed by atoms with E-state index in [1.165, 1.54) is 6.26 Å². The molecular weight excluding hydrogens is 188 g/mol. The molecule has 74 valence electrons. The Morgan fingerprint density at radius 3 is 2.62 bits per heavy atom. The fourth-order valence-electron chi connectivity index (χ4n) is 1.38. The van der Waals surface area contributed by atoms with Gasteiger partial charge in [-0.2, -0.15) is 0 Å². The molecule has 1 aliphatic rings. The third kappa shape index (κ3) is 4.22. The second-order valence-electron chi connectivity index (χ2n) is 3.50. The number of sulfone groups is 1. The van der Waals surface area contributed by atoms with Gasteiger partial charge >= 0.3 is 0 Å². The van der Waals surface area contributed by atoms with E-state index in [0.717, 1.165) is 18.4 Å². The van der Waals surface area contributed by atoms with Gasteiger partial charge < -0.3 is 0 Å². The molecule has 0 radical (unpaired) electrons. The topological polar surface area (TPSA) is 51.2 Å². The molecule has 0 saturated carbocycles. The SMILES string of the molecule is CS(=O)(=O)CCC1=CC(=O)CCC1. The maximum absolute atomic E-state index is 11.0. The lowest BCUT2D eigenvalue weighted by Crippen LogP contribution is -2.08. The van der Waals surface area contributed by atoms with Gasteiger partial charge in [-0.25, -0.2) is 8.42 Å². The Morgan fingerprint density at radius 1 is 1.38 bits per heavy atom. The number of hydrogen-bond donors (Lipinski definition) is 0. The van der Waals surface area contributed by atoms with E-state index < -0.39 is 9.84 Å². The number of carbonyl (C=O) groups is 1.